The number of nitrogens with zero attached hydrogens (tertiary/aromatic N) is 3. The molecule has 1 atom stereocenters. The number of aliphatic hydroxyl groups excluding tert-OH is 1. The molecule has 1 amide bonds. The first-order valence-electron chi connectivity index (χ1n) is 7.40. The van der Waals surface area contributed by atoms with Gasteiger partial charge in [0.25, 0.3) is 0 Å². The molecule has 1 N–H and O–H groups in total. The van der Waals surface area contributed by atoms with E-state index in [1.165, 1.54) is 11.0 Å². The fourth-order valence-electron chi connectivity index (χ4n) is 2.79. The summed E-state index contributed by atoms with van der Waals surface area (Å²) in [6, 6.07) is 4.78. The molecule has 3 rings (SSSR count). The van der Waals surface area contributed by atoms with Crippen LogP contribution in [0.4, 0.5) is 20.6 Å². The molecule has 0 bridgehead atoms. The Balaban J connectivity index is 1.76. The van der Waals surface area contributed by atoms with Crippen molar-refractivity contribution in [2.75, 3.05) is 56.2 Å². The lowest BCUT2D eigenvalue weighted by Crippen LogP contribution is -2.44. The maximum absolute atomic E-state index is 14.4. The van der Waals surface area contributed by atoms with Crippen molar-refractivity contribution in [3.63, 3.8) is 0 Å². The number of cyclic esters (lactones) is 1. The van der Waals surface area contributed by atoms with Gasteiger partial charge in [-0.3, -0.25) is 4.90 Å². The van der Waals surface area contributed by atoms with Crippen molar-refractivity contribution >= 4 is 17.5 Å². The molecule has 1 unspecified atom stereocenters. The van der Waals surface area contributed by atoms with Gasteiger partial charge >= 0.3 is 6.09 Å². The van der Waals surface area contributed by atoms with Crippen LogP contribution in [0.5, 0.6) is 0 Å². The van der Waals surface area contributed by atoms with Crippen LogP contribution in [0, 0.1) is 5.82 Å². The molecule has 0 aromatic heterocycles. The molecule has 6 nitrogen and oxygen atoms in total. The number of halogens is 1. The highest BCUT2D eigenvalue weighted by Crippen LogP contribution is 2.28. The van der Waals surface area contributed by atoms with E-state index in [1.54, 1.807) is 12.1 Å². The molecule has 0 aliphatic carbocycles. The standard InChI is InChI=1S/C15H20FN3O3/c1-17-4-6-18(7-5-17)14-3-2-11(8-13(14)16)19-9-12(10-20)22-15(19)21/h2-3,8,12,20H,4-7,9-10H2,1H3. The van der Waals surface area contributed by atoms with E-state index < -0.39 is 12.2 Å². The molecule has 0 spiro atoms. The van der Waals surface area contributed by atoms with Crippen molar-refractivity contribution in [2.24, 2.45) is 0 Å². The van der Waals surface area contributed by atoms with Crippen molar-refractivity contribution in [3.05, 3.63) is 24.0 Å². The summed E-state index contributed by atoms with van der Waals surface area (Å²) in [5.74, 6) is -0.345. The lowest BCUT2D eigenvalue weighted by molar-refractivity contribution is 0.0963. The number of rotatable bonds is 3. The molecule has 0 radical (unpaired) electrons. The van der Waals surface area contributed by atoms with Crippen LogP contribution < -0.4 is 9.80 Å². The Labute approximate surface area is 128 Å². The van der Waals surface area contributed by atoms with Gasteiger partial charge < -0.3 is 19.6 Å². The Morgan fingerprint density at radius 1 is 1.32 bits per heavy atom. The van der Waals surface area contributed by atoms with Crippen molar-refractivity contribution in [1.82, 2.24) is 4.90 Å². The number of carbonyl (C=O) groups excluding carboxylic acids is 1. The molecule has 22 heavy (non-hydrogen) atoms. The van der Waals surface area contributed by atoms with E-state index in [4.69, 9.17) is 9.84 Å². The van der Waals surface area contributed by atoms with Crippen LogP contribution in [0.2, 0.25) is 0 Å². The smallest absolute Gasteiger partial charge is 0.414 e. The van der Waals surface area contributed by atoms with Crippen molar-refractivity contribution in [1.29, 1.82) is 0 Å². The van der Waals surface area contributed by atoms with Gasteiger partial charge in [-0.15, -0.1) is 0 Å². The van der Waals surface area contributed by atoms with Gasteiger partial charge in [0, 0.05) is 26.2 Å². The van der Waals surface area contributed by atoms with Gasteiger partial charge in [-0.2, -0.15) is 0 Å². The van der Waals surface area contributed by atoms with Gasteiger partial charge in [0.05, 0.1) is 24.5 Å². The predicted octanol–water partition coefficient (Wildman–Crippen LogP) is 0.895. The van der Waals surface area contributed by atoms with Crippen LogP contribution in [-0.4, -0.2) is 68.6 Å². The molecule has 1 aromatic rings. The van der Waals surface area contributed by atoms with Gasteiger partial charge in [0.15, 0.2) is 0 Å². The topological polar surface area (TPSA) is 56.3 Å². The van der Waals surface area contributed by atoms with Crippen LogP contribution >= 0.6 is 0 Å². The summed E-state index contributed by atoms with van der Waals surface area (Å²) < 4.78 is 19.4. The molecule has 120 valence electrons. The number of benzene rings is 1. The minimum Gasteiger partial charge on any atom is -0.441 e. The molecule has 7 heteroatoms. The largest absolute Gasteiger partial charge is 0.441 e. The second-order valence-corrected chi connectivity index (χ2v) is 5.72. The van der Waals surface area contributed by atoms with Gasteiger partial charge in [-0.25, -0.2) is 9.18 Å². The van der Waals surface area contributed by atoms with Gasteiger partial charge in [0.1, 0.15) is 11.9 Å². The van der Waals surface area contributed by atoms with E-state index in [0.29, 0.717) is 11.4 Å². The highest BCUT2D eigenvalue weighted by molar-refractivity contribution is 5.90. The van der Waals surface area contributed by atoms with E-state index >= 15 is 0 Å². The zero-order valence-corrected chi connectivity index (χ0v) is 12.5. The minimum absolute atomic E-state index is 0.232. The molecule has 2 heterocycles. The highest BCUT2D eigenvalue weighted by atomic mass is 19.1. The summed E-state index contributed by atoms with van der Waals surface area (Å²) >= 11 is 0. The summed E-state index contributed by atoms with van der Waals surface area (Å²) in [4.78, 5) is 17.3. The third-order valence-corrected chi connectivity index (χ3v) is 4.16. The van der Waals surface area contributed by atoms with E-state index in [1.807, 2.05) is 11.9 Å². The van der Waals surface area contributed by atoms with E-state index in [-0.39, 0.29) is 19.0 Å². The molecular weight excluding hydrogens is 289 g/mol. The number of hydrogen-bond acceptors (Lipinski definition) is 5. The highest BCUT2D eigenvalue weighted by Gasteiger charge is 2.32. The fraction of sp³-hybridized carbons (Fsp3) is 0.533. The molecular formula is C15H20FN3O3. The first kappa shape index (κ1) is 15.1. The minimum atomic E-state index is -0.550. The second kappa shape index (κ2) is 6.10. The lowest BCUT2D eigenvalue weighted by Gasteiger charge is -2.34. The third kappa shape index (κ3) is 2.86. The summed E-state index contributed by atoms with van der Waals surface area (Å²) in [5.41, 5.74) is 1.01. The van der Waals surface area contributed by atoms with E-state index in [2.05, 4.69) is 4.90 Å². The Hall–Kier alpha value is -1.86. The molecule has 0 saturated carbocycles. The number of amides is 1. The Morgan fingerprint density at radius 3 is 2.64 bits per heavy atom. The zero-order chi connectivity index (χ0) is 15.7. The predicted molar refractivity (Wildman–Crippen MR) is 80.8 cm³/mol. The number of likely N-dealkylation sites (N-methyl/N-ethyl adjacent to an activating group) is 1. The van der Waals surface area contributed by atoms with Gasteiger partial charge in [-0.1, -0.05) is 0 Å². The van der Waals surface area contributed by atoms with E-state index in [9.17, 15) is 9.18 Å². The molecule has 1 aromatic carbocycles. The Morgan fingerprint density at radius 2 is 2.05 bits per heavy atom. The fourth-order valence-corrected chi connectivity index (χ4v) is 2.79. The Kier molecular flexibility index (Phi) is 4.17. The van der Waals surface area contributed by atoms with Crippen LogP contribution in [0.3, 0.4) is 0 Å². The number of aliphatic hydroxyl groups is 1. The summed E-state index contributed by atoms with van der Waals surface area (Å²) in [6.07, 6.45) is -1.10. The maximum atomic E-state index is 14.4. The average molecular weight is 309 g/mol. The summed E-state index contributed by atoms with van der Waals surface area (Å²) in [7, 11) is 2.05. The monoisotopic (exact) mass is 309 g/mol. The number of anilines is 2. The summed E-state index contributed by atoms with van der Waals surface area (Å²) in [5, 5.41) is 9.05. The molecule has 2 aliphatic rings. The van der Waals surface area contributed by atoms with Crippen molar-refractivity contribution < 1.29 is 19.0 Å². The molecule has 2 saturated heterocycles. The first-order valence-corrected chi connectivity index (χ1v) is 7.40. The number of carbonyl (C=O) groups is 1. The quantitative estimate of drug-likeness (QED) is 0.899. The lowest BCUT2D eigenvalue weighted by atomic mass is 10.2. The van der Waals surface area contributed by atoms with Gasteiger partial charge in [-0.05, 0) is 25.2 Å². The average Bonchev–Trinajstić information content (AvgIpc) is 2.89. The normalized spacial score (nSPS) is 23.0. The number of ether oxygens (including phenoxy) is 1. The maximum Gasteiger partial charge on any atom is 0.414 e. The van der Waals surface area contributed by atoms with Crippen LogP contribution in [0.15, 0.2) is 18.2 Å². The van der Waals surface area contributed by atoms with Crippen LogP contribution in [0.25, 0.3) is 0 Å². The summed E-state index contributed by atoms with van der Waals surface area (Å²) in [6.45, 7) is 3.37. The van der Waals surface area contributed by atoms with Crippen LogP contribution in [-0.2, 0) is 4.74 Å². The second-order valence-electron chi connectivity index (χ2n) is 5.72. The molecule has 2 aliphatic heterocycles. The SMILES string of the molecule is CN1CCN(c2ccc(N3CC(CO)OC3=O)cc2F)CC1. The van der Waals surface area contributed by atoms with Crippen molar-refractivity contribution in [2.45, 2.75) is 6.10 Å². The molecule has 2 fully saturated rings. The van der Waals surface area contributed by atoms with Crippen LogP contribution in [0.1, 0.15) is 0 Å². The van der Waals surface area contributed by atoms with Gasteiger partial charge in [0.2, 0.25) is 0 Å². The first-order chi connectivity index (χ1) is 10.6. The van der Waals surface area contributed by atoms with E-state index in [0.717, 1.165) is 26.2 Å². The Bertz CT molecular complexity index is 561. The number of hydrogen-bond donors (Lipinski definition) is 1. The van der Waals surface area contributed by atoms with Crippen molar-refractivity contribution in [3.8, 4) is 0 Å². The zero-order valence-electron chi connectivity index (χ0n) is 12.5. The third-order valence-electron chi connectivity index (χ3n) is 4.16. The number of piperazine rings is 1.